The van der Waals surface area contributed by atoms with Crippen LogP contribution in [0.15, 0.2) is 4.52 Å². The molecule has 1 aliphatic carbocycles. The quantitative estimate of drug-likeness (QED) is 0.832. The number of hydrogen-bond donors (Lipinski definition) is 0. The lowest BCUT2D eigenvalue weighted by Gasteiger charge is -2.37. The molecule has 23 heavy (non-hydrogen) atoms. The van der Waals surface area contributed by atoms with Gasteiger partial charge in [-0.25, -0.2) is 4.79 Å². The second kappa shape index (κ2) is 4.85. The molecular formula is C14H18F3N3O3. The third kappa shape index (κ3) is 2.88. The van der Waals surface area contributed by atoms with Crippen molar-refractivity contribution >= 4 is 6.09 Å². The highest BCUT2D eigenvalue weighted by molar-refractivity contribution is 5.69. The summed E-state index contributed by atoms with van der Waals surface area (Å²) in [4.78, 5) is 17.2. The van der Waals surface area contributed by atoms with Crippen LogP contribution in [0.25, 0.3) is 0 Å². The van der Waals surface area contributed by atoms with Gasteiger partial charge in [0.05, 0.1) is 5.92 Å². The van der Waals surface area contributed by atoms with Crippen LogP contribution in [0.4, 0.5) is 18.0 Å². The van der Waals surface area contributed by atoms with Gasteiger partial charge in [-0.2, -0.15) is 18.2 Å². The number of nitrogens with zero attached hydrogens (tertiary/aromatic N) is 3. The maximum Gasteiger partial charge on any atom is 0.410 e. The minimum Gasteiger partial charge on any atom is -0.444 e. The Bertz CT molecular complexity index is 611. The second-order valence-electron chi connectivity index (χ2n) is 7.12. The minimum atomic E-state index is -4.36. The zero-order valence-electron chi connectivity index (χ0n) is 13.1. The fourth-order valence-electron chi connectivity index (χ4n) is 2.46. The van der Waals surface area contributed by atoms with E-state index in [1.807, 2.05) is 0 Å². The van der Waals surface area contributed by atoms with E-state index in [0.29, 0.717) is 13.1 Å². The number of alkyl halides is 3. The van der Waals surface area contributed by atoms with Gasteiger partial charge < -0.3 is 14.2 Å². The lowest BCUT2D eigenvalue weighted by atomic mass is 10.0. The van der Waals surface area contributed by atoms with E-state index in [9.17, 15) is 18.0 Å². The van der Waals surface area contributed by atoms with Gasteiger partial charge in [-0.05, 0) is 33.6 Å². The van der Waals surface area contributed by atoms with Gasteiger partial charge in [0.2, 0.25) is 5.89 Å². The molecule has 1 aromatic heterocycles. The van der Waals surface area contributed by atoms with Gasteiger partial charge in [0.15, 0.2) is 5.82 Å². The summed E-state index contributed by atoms with van der Waals surface area (Å²) in [5.74, 6) is -0.390. The molecule has 1 amide bonds. The Balaban J connectivity index is 1.61. The number of amides is 1. The Labute approximate surface area is 131 Å². The normalized spacial score (nSPS) is 21.0. The number of aromatic nitrogens is 2. The van der Waals surface area contributed by atoms with E-state index in [2.05, 4.69) is 10.1 Å². The Hall–Kier alpha value is -1.80. The molecule has 2 fully saturated rings. The number of hydrogen-bond acceptors (Lipinski definition) is 5. The molecule has 0 bridgehead atoms. The number of ether oxygens (including phenoxy) is 1. The molecule has 9 heteroatoms. The van der Waals surface area contributed by atoms with Gasteiger partial charge in [0, 0.05) is 13.1 Å². The first-order valence-corrected chi connectivity index (χ1v) is 7.41. The summed E-state index contributed by atoms with van der Waals surface area (Å²) < 4.78 is 49.3. The lowest BCUT2D eigenvalue weighted by Crippen LogP contribution is -2.50. The molecule has 3 rings (SSSR count). The van der Waals surface area contributed by atoms with Gasteiger partial charge in [-0.15, -0.1) is 0 Å². The van der Waals surface area contributed by atoms with Crippen LogP contribution < -0.4 is 0 Å². The first-order valence-electron chi connectivity index (χ1n) is 7.41. The van der Waals surface area contributed by atoms with Gasteiger partial charge in [0.25, 0.3) is 0 Å². The maximum absolute atomic E-state index is 13.0. The van der Waals surface area contributed by atoms with Crippen molar-refractivity contribution in [2.24, 2.45) is 0 Å². The summed E-state index contributed by atoms with van der Waals surface area (Å²) in [7, 11) is 0. The van der Waals surface area contributed by atoms with Gasteiger partial charge in [-0.3, -0.25) is 0 Å². The van der Waals surface area contributed by atoms with E-state index in [4.69, 9.17) is 9.26 Å². The number of carbonyl (C=O) groups excluding carboxylic acids is 1. The molecule has 0 radical (unpaired) electrons. The van der Waals surface area contributed by atoms with E-state index >= 15 is 0 Å². The molecule has 2 heterocycles. The summed E-state index contributed by atoms with van der Waals surface area (Å²) in [5, 5.41) is 3.51. The van der Waals surface area contributed by atoms with Crippen molar-refractivity contribution in [3.8, 4) is 0 Å². The van der Waals surface area contributed by atoms with Gasteiger partial charge in [-0.1, -0.05) is 5.16 Å². The van der Waals surface area contributed by atoms with E-state index < -0.39 is 23.3 Å². The van der Waals surface area contributed by atoms with Crippen LogP contribution in [-0.2, 0) is 10.2 Å². The summed E-state index contributed by atoms with van der Waals surface area (Å²) in [5.41, 5.74) is -2.53. The topological polar surface area (TPSA) is 68.5 Å². The lowest BCUT2D eigenvalue weighted by molar-refractivity contribution is -0.162. The number of carbonyl (C=O) groups is 1. The third-order valence-corrected chi connectivity index (χ3v) is 4.04. The second-order valence-corrected chi connectivity index (χ2v) is 7.12. The Kier molecular flexibility index (Phi) is 3.39. The molecule has 0 unspecified atom stereocenters. The van der Waals surface area contributed by atoms with Crippen LogP contribution in [0.2, 0.25) is 0 Å². The fourth-order valence-corrected chi connectivity index (χ4v) is 2.46. The third-order valence-electron chi connectivity index (χ3n) is 4.04. The summed E-state index contributed by atoms with van der Waals surface area (Å²) in [6.07, 6.45) is -4.84. The van der Waals surface area contributed by atoms with Crippen LogP contribution >= 0.6 is 0 Å². The van der Waals surface area contributed by atoms with E-state index in [1.165, 1.54) is 4.90 Å². The van der Waals surface area contributed by atoms with Gasteiger partial charge in [0.1, 0.15) is 11.0 Å². The molecule has 1 aliphatic heterocycles. The molecule has 1 aromatic rings. The molecule has 2 aliphatic rings. The molecule has 0 N–H and O–H groups in total. The highest BCUT2D eigenvalue weighted by atomic mass is 19.4. The number of rotatable bonds is 2. The van der Waals surface area contributed by atoms with Crippen molar-refractivity contribution < 1.29 is 27.2 Å². The van der Waals surface area contributed by atoms with Crippen LogP contribution in [0, 0.1) is 0 Å². The Morgan fingerprint density at radius 2 is 1.91 bits per heavy atom. The molecule has 0 atom stereocenters. The predicted octanol–water partition coefficient (Wildman–Crippen LogP) is 3.00. The SMILES string of the molecule is CC(C)(C)OC(=O)N1CC(c2nc(C3(C(F)(F)F)CC3)no2)C1. The number of likely N-dealkylation sites (tertiary alicyclic amines) is 1. The van der Waals surface area contributed by atoms with E-state index in [0.717, 1.165) is 0 Å². The van der Waals surface area contributed by atoms with Crippen molar-refractivity contribution in [2.45, 2.75) is 56.7 Å². The largest absolute Gasteiger partial charge is 0.444 e. The zero-order chi connectivity index (χ0) is 17.0. The average molecular weight is 333 g/mol. The fraction of sp³-hybridized carbons (Fsp3) is 0.786. The van der Waals surface area contributed by atoms with Crippen molar-refractivity contribution in [3.05, 3.63) is 11.7 Å². The highest BCUT2D eigenvalue weighted by Gasteiger charge is 2.67. The molecule has 0 aromatic carbocycles. The highest BCUT2D eigenvalue weighted by Crippen LogP contribution is 2.58. The smallest absolute Gasteiger partial charge is 0.410 e. The summed E-state index contributed by atoms with van der Waals surface area (Å²) in [6.45, 7) is 5.89. The van der Waals surface area contributed by atoms with Gasteiger partial charge >= 0.3 is 12.3 Å². The Morgan fingerprint density at radius 1 is 1.30 bits per heavy atom. The zero-order valence-corrected chi connectivity index (χ0v) is 13.1. The van der Waals surface area contributed by atoms with Crippen LogP contribution in [0.1, 0.15) is 51.2 Å². The van der Waals surface area contributed by atoms with Crippen molar-refractivity contribution in [2.75, 3.05) is 13.1 Å². The molecule has 6 nitrogen and oxygen atoms in total. The van der Waals surface area contributed by atoms with E-state index in [-0.39, 0.29) is 30.5 Å². The monoisotopic (exact) mass is 333 g/mol. The molecule has 0 spiro atoms. The molecule has 128 valence electrons. The number of halogens is 3. The molecule has 1 saturated heterocycles. The van der Waals surface area contributed by atoms with Crippen molar-refractivity contribution in [1.29, 1.82) is 0 Å². The maximum atomic E-state index is 13.0. The standard InChI is InChI=1S/C14H18F3N3O3/c1-12(2,3)22-11(21)20-6-8(7-20)9-18-10(19-23-9)13(4-5-13)14(15,16)17/h8H,4-7H2,1-3H3. The molecule has 1 saturated carbocycles. The summed E-state index contributed by atoms with van der Waals surface area (Å²) in [6, 6.07) is 0. The van der Waals surface area contributed by atoms with Crippen molar-refractivity contribution in [1.82, 2.24) is 15.0 Å². The van der Waals surface area contributed by atoms with E-state index in [1.54, 1.807) is 20.8 Å². The first kappa shape index (κ1) is 16.1. The first-order chi connectivity index (χ1) is 10.5. The van der Waals surface area contributed by atoms with Crippen LogP contribution in [0.3, 0.4) is 0 Å². The predicted molar refractivity (Wildman–Crippen MR) is 71.8 cm³/mol. The average Bonchev–Trinajstić information content (AvgIpc) is 3.00. The molecular weight excluding hydrogens is 315 g/mol. The van der Waals surface area contributed by atoms with Crippen LogP contribution in [0.5, 0.6) is 0 Å². The van der Waals surface area contributed by atoms with Crippen LogP contribution in [-0.4, -0.2) is 46.0 Å². The van der Waals surface area contributed by atoms with Crippen molar-refractivity contribution in [3.63, 3.8) is 0 Å². The minimum absolute atomic E-state index is 0.00975. The summed E-state index contributed by atoms with van der Waals surface area (Å²) >= 11 is 0. The Morgan fingerprint density at radius 3 is 2.39 bits per heavy atom.